The monoisotopic (exact) mass is 264 g/mol. The molecule has 3 heteroatoms. The SMILES string of the molecule is Nc1cccc[n+]1Cc1ccccc1.[Br-]. The van der Waals surface area contributed by atoms with Crippen molar-refractivity contribution in [2.75, 3.05) is 5.73 Å². The fourth-order valence-corrected chi connectivity index (χ4v) is 1.41. The number of aromatic nitrogens is 1. The summed E-state index contributed by atoms with van der Waals surface area (Å²) in [5, 5.41) is 0. The first-order chi connectivity index (χ1) is 6.86. The van der Waals surface area contributed by atoms with Gasteiger partial charge in [0.2, 0.25) is 0 Å². The summed E-state index contributed by atoms with van der Waals surface area (Å²) in [7, 11) is 0. The number of hydrogen-bond acceptors (Lipinski definition) is 1. The largest absolute Gasteiger partial charge is 1.00 e. The number of rotatable bonds is 2. The van der Waals surface area contributed by atoms with Gasteiger partial charge in [0, 0.05) is 6.07 Å². The summed E-state index contributed by atoms with van der Waals surface area (Å²) in [6.07, 6.45) is 1.99. The van der Waals surface area contributed by atoms with Crippen LogP contribution in [0.15, 0.2) is 54.7 Å². The fourth-order valence-electron chi connectivity index (χ4n) is 1.41. The zero-order valence-electron chi connectivity index (χ0n) is 8.31. The minimum Gasteiger partial charge on any atom is -1.00 e. The molecule has 2 rings (SSSR count). The molecule has 0 spiro atoms. The predicted octanol–water partition coefficient (Wildman–Crippen LogP) is -1.39. The molecule has 0 unspecified atom stereocenters. The molecule has 0 aliphatic heterocycles. The Morgan fingerprint density at radius 2 is 1.60 bits per heavy atom. The van der Waals surface area contributed by atoms with Crippen molar-refractivity contribution >= 4 is 5.82 Å². The lowest BCUT2D eigenvalue weighted by molar-refractivity contribution is -0.674. The maximum Gasteiger partial charge on any atom is 0.272 e. The molecule has 1 aromatic heterocycles. The Morgan fingerprint density at radius 3 is 2.27 bits per heavy atom. The van der Waals surface area contributed by atoms with E-state index in [9.17, 15) is 0 Å². The van der Waals surface area contributed by atoms with E-state index in [4.69, 9.17) is 5.73 Å². The van der Waals surface area contributed by atoms with Gasteiger partial charge in [0.1, 0.15) is 6.54 Å². The molecule has 0 fully saturated rings. The summed E-state index contributed by atoms with van der Waals surface area (Å²) in [4.78, 5) is 0. The Hall–Kier alpha value is -1.35. The van der Waals surface area contributed by atoms with Gasteiger partial charge in [-0.05, 0) is 11.6 Å². The zero-order valence-corrected chi connectivity index (χ0v) is 9.89. The molecule has 15 heavy (non-hydrogen) atoms. The van der Waals surface area contributed by atoms with E-state index in [0.717, 1.165) is 12.4 Å². The molecule has 0 saturated carbocycles. The smallest absolute Gasteiger partial charge is 0.272 e. The first-order valence-corrected chi connectivity index (χ1v) is 4.64. The van der Waals surface area contributed by atoms with Crippen LogP contribution in [0.25, 0.3) is 0 Å². The van der Waals surface area contributed by atoms with Crippen LogP contribution in [-0.4, -0.2) is 0 Å². The number of nitrogens with two attached hydrogens (primary N) is 1. The number of nitrogens with zero attached hydrogens (tertiary/aromatic N) is 1. The van der Waals surface area contributed by atoms with Crippen molar-refractivity contribution in [1.82, 2.24) is 0 Å². The second kappa shape index (κ2) is 5.51. The summed E-state index contributed by atoms with van der Waals surface area (Å²) in [5.41, 5.74) is 7.09. The van der Waals surface area contributed by atoms with Gasteiger partial charge in [-0.1, -0.05) is 36.4 Å². The van der Waals surface area contributed by atoms with E-state index in [2.05, 4.69) is 12.1 Å². The van der Waals surface area contributed by atoms with E-state index in [0.29, 0.717) is 0 Å². The number of nitrogen functional groups attached to an aromatic ring is 1. The molecular weight excluding hydrogens is 252 g/mol. The molecule has 2 N–H and O–H groups in total. The fraction of sp³-hybridized carbons (Fsp3) is 0.0833. The molecule has 1 aromatic carbocycles. The van der Waals surface area contributed by atoms with Gasteiger partial charge >= 0.3 is 0 Å². The van der Waals surface area contributed by atoms with Crippen molar-refractivity contribution in [3.63, 3.8) is 0 Å². The first kappa shape index (κ1) is 11.7. The van der Waals surface area contributed by atoms with Crippen LogP contribution in [0.3, 0.4) is 0 Å². The molecule has 2 nitrogen and oxygen atoms in total. The normalized spacial score (nSPS) is 9.33. The third-order valence-electron chi connectivity index (χ3n) is 2.17. The molecule has 0 aliphatic rings. The average Bonchev–Trinajstić information content (AvgIpc) is 2.23. The Bertz CT molecular complexity index is 415. The quantitative estimate of drug-likeness (QED) is 0.666. The first-order valence-electron chi connectivity index (χ1n) is 4.64. The molecule has 2 aromatic rings. The van der Waals surface area contributed by atoms with Crippen molar-refractivity contribution in [1.29, 1.82) is 0 Å². The standard InChI is InChI=1S/C12H12N2.BrH/c13-12-8-4-5-9-14(12)10-11-6-2-1-3-7-11;/h1-9,13H,10H2;1H. The number of pyridine rings is 1. The second-order valence-corrected chi connectivity index (χ2v) is 3.24. The predicted molar refractivity (Wildman–Crippen MR) is 56.6 cm³/mol. The highest BCUT2D eigenvalue weighted by Gasteiger charge is 2.02. The molecule has 0 atom stereocenters. The molecule has 1 heterocycles. The molecule has 0 amide bonds. The van der Waals surface area contributed by atoms with Gasteiger partial charge in [0.15, 0.2) is 0 Å². The van der Waals surface area contributed by atoms with E-state index in [1.54, 1.807) is 0 Å². The van der Waals surface area contributed by atoms with Crippen LogP contribution < -0.4 is 27.3 Å². The van der Waals surface area contributed by atoms with Crippen LogP contribution in [0.4, 0.5) is 5.82 Å². The van der Waals surface area contributed by atoms with Crippen molar-refractivity contribution in [3.05, 3.63) is 60.3 Å². The topological polar surface area (TPSA) is 29.9 Å². The average molecular weight is 265 g/mol. The molecule has 0 radical (unpaired) electrons. The molecular formula is C12H13BrN2. The number of anilines is 1. The van der Waals surface area contributed by atoms with Crippen molar-refractivity contribution in [2.45, 2.75) is 6.54 Å². The van der Waals surface area contributed by atoms with Crippen LogP contribution in [0.2, 0.25) is 0 Å². The highest BCUT2D eigenvalue weighted by atomic mass is 79.9. The van der Waals surface area contributed by atoms with Crippen LogP contribution in [0.5, 0.6) is 0 Å². The summed E-state index contributed by atoms with van der Waals surface area (Å²) >= 11 is 0. The highest BCUT2D eigenvalue weighted by molar-refractivity contribution is 5.20. The van der Waals surface area contributed by atoms with Gasteiger partial charge in [-0.15, -0.1) is 0 Å². The maximum atomic E-state index is 5.83. The van der Waals surface area contributed by atoms with Crippen LogP contribution in [-0.2, 0) is 6.54 Å². The number of benzene rings is 1. The Balaban J connectivity index is 0.00000112. The molecule has 0 bridgehead atoms. The van der Waals surface area contributed by atoms with E-state index in [1.165, 1.54) is 5.56 Å². The van der Waals surface area contributed by atoms with Gasteiger partial charge in [0.25, 0.3) is 5.82 Å². The Morgan fingerprint density at radius 1 is 0.933 bits per heavy atom. The Labute approximate surface area is 100 Å². The lowest BCUT2D eigenvalue weighted by atomic mass is 10.2. The minimum absolute atomic E-state index is 0. The summed E-state index contributed by atoms with van der Waals surface area (Å²) in [6.45, 7) is 0.827. The van der Waals surface area contributed by atoms with E-state index >= 15 is 0 Å². The summed E-state index contributed by atoms with van der Waals surface area (Å²) in [5.74, 6) is 0.788. The van der Waals surface area contributed by atoms with Gasteiger partial charge in [-0.25, -0.2) is 4.57 Å². The Kier molecular flexibility index (Phi) is 4.31. The number of halogens is 1. The van der Waals surface area contributed by atoms with Gasteiger partial charge in [0.05, 0.1) is 6.20 Å². The molecule has 0 aliphatic carbocycles. The summed E-state index contributed by atoms with van der Waals surface area (Å²) < 4.78 is 2.02. The van der Waals surface area contributed by atoms with Gasteiger partial charge in [-0.3, -0.25) is 5.73 Å². The van der Waals surface area contributed by atoms with Crippen LogP contribution >= 0.6 is 0 Å². The zero-order chi connectivity index (χ0) is 9.80. The van der Waals surface area contributed by atoms with Gasteiger partial charge < -0.3 is 17.0 Å². The number of hydrogen-bond donors (Lipinski definition) is 1. The van der Waals surface area contributed by atoms with Crippen molar-refractivity contribution in [3.8, 4) is 0 Å². The van der Waals surface area contributed by atoms with Crippen molar-refractivity contribution in [2.24, 2.45) is 0 Å². The van der Waals surface area contributed by atoms with E-state index < -0.39 is 0 Å². The third-order valence-corrected chi connectivity index (χ3v) is 2.17. The lowest BCUT2D eigenvalue weighted by Gasteiger charge is -2.02. The van der Waals surface area contributed by atoms with Crippen LogP contribution in [0.1, 0.15) is 5.56 Å². The third kappa shape index (κ3) is 3.06. The molecule has 0 saturated heterocycles. The molecule has 78 valence electrons. The second-order valence-electron chi connectivity index (χ2n) is 3.24. The van der Waals surface area contributed by atoms with E-state index in [1.807, 2.05) is 47.2 Å². The van der Waals surface area contributed by atoms with E-state index in [-0.39, 0.29) is 17.0 Å². The maximum absolute atomic E-state index is 5.83. The minimum atomic E-state index is 0. The van der Waals surface area contributed by atoms with Gasteiger partial charge in [-0.2, -0.15) is 0 Å². The van der Waals surface area contributed by atoms with Crippen molar-refractivity contribution < 1.29 is 21.5 Å². The van der Waals surface area contributed by atoms with Crippen LogP contribution in [0, 0.1) is 0 Å². The highest BCUT2D eigenvalue weighted by Crippen LogP contribution is 1.99. The summed E-state index contributed by atoms with van der Waals surface area (Å²) in [6, 6.07) is 16.1. The lowest BCUT2D eigenvalue weighted by Crippen LogP contribution is -3.00.